The molecule has 2 aliphatic heterocycles. The van der Waals surface area contributed by atoms with Gasteiger partial charge in [-0.1, -0.05) is 11.6 Å². The third kappa shape index (κ3) is 3.20. The van der Waals surface area contributed by atoms with Crippen LogP contribution in [0.2, 0.25) is 5.02 Å². The van der Waals surface area contributed by atoms with Gasteiger partial charge in [-0.05, 0) is 50.4 Å². The summed E-state index contributed by atoms with van der Waals surface area (Å²) in [7, 11) is 0. The summed E-state index contributed by atoms with van der Waals surface area (Å²) in [5.74, 6) is 0. The van der Waals surface area contributed by atoms with Crippen LogP contribution in [0.15, 0.2) is 11.4 Å². The number of nitrogens with one attached hydrogen (secondary N) is 1. The molecular weight excluding hydrogens is 287 g/mol. The van der Waals surface area contributed by atoms with E-state index in [2.05, 4.69) is 16.3 Å². The van der Waals surface area contributed by atoms with E-state index in [0.717, 1.165) is 11.6 Å². The Morgan fingerprint density at radius 3 is 2.78 bits per heavy atom. The van der Waals surface area contributed by atoms with Crippen molar-refractivity contribution in [3.63, 3.8) is 0 Å². The molecule has 102 valence electrons. The highest BCUT2D eigenvalue weighted by atomic mass is 35.5. The molecule has 2 saturated heterocycles. The molecule has 5 heteroatoms. The molecule has 0 unspecified atom stereocenters. The predicted molar refractivity (Wildman–Crippen MR) is 81.0 cm³/mol. The molecule has 0 radical (unpaired) electrons. The number of hydrogen-bond acceptors (Lipinski definition) is 3. The lowest BCUT2D eigenvalue weighted by molar-refractivity contribution is 0.194. The van der Waals surface area contributed by atoms with Gasteiger partial charge in [-0.3, -0.25) is 4.90 Å². The fourth-order valence-electron chi connectivity index (χ4n) is 3.19. The Balaban J connectivity index is 0.00000120. The molecule has 0 atom stereocenters. The van der Waals surface area contributed by atoms with Gasteiger partial charge in [0, 0.05) is 23.3 Å². The largest absolute Gasteiger partial charge is 0.317 e. The van der Waals surface area contributed by atoms with Gasteiger partial charge in [0.1, 0.15) is 0 Å². The van der Waals surface area contributed by atoms with Gasteiger partial charge in [-0.2, -0.15) is 0 Å². The summed E-state index contributed by atoms with van der Waals surface area (Å²) in [5.41, 5.74) is 0.617. The van der Waals surface area contributed by atoms with E-state index in [0.29, 0.717) is 5.41 Å². The molecular formula is C13H20Cl2N2S. The van der Waals surface area contributed by atoms with Gasteiger partial charge in [0.25, 0.3) is 0 Å². The number of hydrogen-bond donors (Lipinski definition) is 1. The van der Waals surface area contributed by atoms with E-state index >= 15 is 0 Å². The third-order valence-corrected chi connectivity index (χ3v) is 5.45. The molecule has 0 saturated carbocycles. The Morgan fingerprint density at radius 1 is 1.33 bits per heavy atom. The SMILES string of the molecule is Cl.Clc1csc(CN2CCC3(CCNCC3)C2)c1. The lowest BCUT2D eigenvalue weighted by Gasteiger charge is -2.33. The van der Waals surface area contributed by atoms with Gasteiger partial charge < -0.3 is 5.32 Å². The summed E-state index contributed by atoms with van der Waals surface area (Å²) in [6.07, 6.45) is 4.09. The van der Waals surface area contributed by atoms with Crippen LogP contribution in [0.4, 0.5) is 0 Å². The zero-order valence-corrected chi connectivity index (χ0v) is 12.8. The quantitative estimate of drug-likeness (QED) is 0.901. The molecule has 1 spiro atoms. The molecule has 0 bridgehead atoms. The standard InChI is InChI=1S/C13H19ClN2S.ClH/c14-11-7-12(17-9-11)8-16-6-3-13(10-16)1-4-15-5-2-13;/h7,9,15H,1-6,8,10H2;1H. The van der Waals surface area contributed by atoms with Crippen LogP contribution < -0.4 is 5.32 Å². The highest BCUT2D eigenvalue weighted by molar-refractivity contribution is 7.10. The maximum atomic E-state index is 5.97. The minimum absolute atomic E-state index is 0. The van der Waals surface area contributed by atoms with E-state index in [4.69, 9.17) is 11.6 Å². The van der Waals surface area contributed by atoms with Crippen molar-refractivity contribution in [1.29, 1.82) is 0 Å². The van der Waals surface area contributed by atoms with Crippen LogP contribution in [0.1, 0.15) is 24.1 Å². The second kappa shape index (κ2) is 6.10. The van der Waals surface area contributed by atoms with Crippen LogP contribution in [0, 0.1) is 5.41 Å². The van der Waals surface area contributed by atoms with Crippen LogP contribution >= 0.6 is 35.3 Å². The molecule has 0 aromatic carbocycles. The molecule has 2 fully saturated rings. The Labute approximate surface area is 124 Å². The highest BCUT2D eigenvalue weighted by Crippen LogP contribution is 2.39. The van der Waals surface area contributed by atoms with Crippen molar-refractivity contribution >= 4 is 35.3 Å². The van der Waals surface area contributed by atoms with Crippen molar-refractivity contribution in [2.24, 2.45) is 5.41 Å². The second-order valence-electron chi connectivity index (χ2n) is 5.44. The van der Waals surface area contributed by atoms with Crippen LogP contribution in [0.5, 0.6) is 0 Å². The maximum Gasteiger partial charge on any atom is 0.0516 e. The molecule has 2 aliphatic rings. The average molecular weight is 307 g/mol. The molecule has 3 heterocycles. The minimum atomic E-state index is 0. The van der Waals surface area contributed by atoms with Gasteiger partial charge in [0.05, 0.1) is 5.02 Å². The van der Waals surface area contributed by atoms with Crippen LogP contribution in [0.3, 0.4) is 0 Å². The third-order valence-electron chi connectivity index (χ3n) is 4.18. The zero-order valence-electron chi connectivity index (χ0n) is 10.5. The molecule has 1 N–H and O–H groups in total. The first kappa shape index (κ1) is 14.6. The predicted octanol–water partition coefficient (Wildman–Crippen LogP) is 3.40. The molecule has 2 nitrogen and oxygen atoms in total. The van der Waals surface area contributed by atoms with Gasteiger partial charge in [0.15, 0.2) is 0 Å². The van der Waals surface area contributed by atoms with Crippen LogP contribution in [0.25, 0.3) is 0 Å². The van der Waals surface area contributed by atoms with Crippen molar-refractivity contribution in [1.82, 2.24) is 10.2 Å². The molecule has 0 amide bonds. The van der Waals surface area contributed by atoms with Gasteiger partial charge in [-0.25, -0.2) is 0 Å². The number of thiophene rings is 1. The fraction of sp³-hybridized carbons (Fsp3) is 0.692. The molecule has 0 aliphatic carbocycles. The summed E-state index contributed by atoms with van der Waals surface area (Å²) >= 11 is 7.76. The number of nitrogens with zero attached hydrogens (tertiary/aromatic N) is 1. The molecule has 1 aromatic rings. The summed E-state index contributed by atoms with van der Waals surface area (Å²) in [6, 6.07) is 2.11. The van der Waals surface area contributed by atoms with E-state index in [9.17, 15) is 0 Å². The van der Waals surface area contributed by atoms with Gasteiger partial charge >= 0.3 is 0 Å². The lowest BCUT2D eigenvalue weighted by atomic mass is 9.78. The molecule has 18 heavy (non-hydrogen) atoms. The van der Waals surface area contributed by atoms with Crippen LogP contribution in [-0.4, -0.2) is 31.1 Å². The number of likely N-dealkylation sites (tertiary alicyclic amines) is 1. The van der Waals surface area contributed by atoms with Crippen molar-refractivity contribution in [3.05, 3.63) is 21.3 Å². The highest BCUT2D eigenvalue weighted by Gasteiger charge is 2.38. The second-order valence-corrected chi connectivity index (χ2v) is 6.87. The minimum Gasteiger partial charge on any atom is -0.317 e. The zero-order chi connectivity index (χ0) is 11.7. The van der Waals surface area contributed by atoms with E-state index in [1.54, 1.807) is 11.3 Å². The van der Waals surface area contributed by atoms with E-state index in [-0.39, 0.29) is 12.4 Å². The Kier molecular flexibility index (Phi) is 4.95. The van der Waals surface area contributed by atoms with Crippen LogP contribution in [-0.2, 0) is 6.54 Å². The topological polar surface area (TPSA) is 15.3 Å². The molecule has 1 aromatic heterocycles. The maximum absolute atomic E-state index is 5.97. The number of halogens is 2. The summed E-state index contributed by atoms with van der Waals surface area (Å²) in [6.45, 7) is 6.05. The summed E-state index contributed by atoms with van der Waals surface area (Å²) < 4.78 is 0. The smallest absolute Gasteiger partial charge is 0.0516 e. The lowest BCUT2D eigenvalue weighted by Crippen LogP contribution is -2.38. The Hall–Kier alpha value is 0.200. The van der Waals surface area contributed by atoms with Crippen molar-refractivity contribution in [2.45, 2.75) is 25.8 Å². The first-order valence-corrected chi connectivity index (χ1v) is 7.68. The van der Waals surface area contributed by atoms with Crippen molar-refractivity contribution in [3.8, 4) is 0 Å². The van der Waals surface area contributed by atoms with Crippen molar-refractivity contribution in [2.75, 3.05) is 26.2 Å². The molecule has 3 rings (SSSR count). The first-order chi connectivity index (χ1) is 8.26. The Morgan fingerprint density at radius 2 is 2.11 bits per heavy atom. The van der Waals surface area contributed by atoms with Gasteiger partial charge in [-0.15, -0.1) is 23.7 Å². The summed E-state index contributed by atoms with van der Waals surface area (Å²) in [5, 5.41) is 6.39. The number of rotatable bonds is 2. The number of piperidine rings is 1. The van der Waals surface area contributed by atoms with E-state index < -0.39 is 0 Å². The first-order valence-electron chi connectivity index (χ1n) is 6.42. The average Bonchev–Trinajstić information content (AvgIpc) is 2.89. The van der Waals surface area contributed by atoms with Crippen molar-refractivity contribution < 1.29 is 0 Å². The van der Waals surface area contributed by atoms with E-state index in [1.165, 1.54) is 50.3 Å². The monoisotopic (exact) mass is 306 g/mol. The summed E-state index contributed by atoms with van der Waals surface area (Å²) in [4.78, 5) is 4.01. The van der Waals surface area contributed by atoms with Gasteiger partial charge in [0.2, 0.25) is 0 Å². The van der Waals surface area contributed by atoms with E-state index in [1.807, 2.05) is 5.38 Å². The Bertz CT molecular complexity index is 388. The fourth-order valence-corrected chi connectivity index (χ4v) is 4.30. The normalized spacial score (nSPS) is 23.2.